The number of methoxy groups -OCH3 is 1. The van der Waals surface area contributed by atoms with Crippen molar-refractivity contribution in [3.8, 4) is 22.8 Å². The van der Waals surface area contributed by atoms with E-state index in [-0.39, 0.29) is 0 Å². The fourth-order valence-electron chi connectivity index (χ4n) is 2.49. The van der Waals surface area contributed by atoms with Crippen LogP contribution in [0.2, 0.25) is 0 Å². The zero-order valence-electron chi connectivity index (χ0n) is 13.5. The van der Waals surface area contributed by atoms with Gasteiger partial charge in [-0.25, -0.2) is 14.8 Å². The van der Waals surface area contributed by atoms with Gasteiger partial charge in [-0.1, -0.05) is 17.3 Å². The summed E-state index contributed by atoms with van der Waals surface area (Å²) in [5.41, 5.74) is 3.27. The Bertz CT molecular complexity index is 1080. The Kier molecular flexibility index (Phi) is 3.50. The van der Waals surface area contributed by atoms with Crippen molar-refractivity contribution >= 4 is 17.1 Å². The maximum atomic E-state index is 11.6. The molecule has 4 rings (SSSR count). The second kappa shape index (κ2) is 5.82. The Labute approximate surface area is 142 Å². The third-order valence-corrected chi connectivity index (χ3v) is 3.77. The Morgan fingerprint density at radius 2 is 2.08 bits per heavy atom. The molecule has 0 spiro atoms. The number of esters is 1. The molecule has 0 bridgehead atoms. The molecule has 8 heteroatoms. The second-order valence-corrected chi connectivity index (χ2v) is 5.42. The van der Waals surface area contributed by atoms with Gasteiger partial charge in [0.05, 0.1) is 24.6 Å². The third-order valence-electron chi connectivity index (χ3n) is 3.77. The summed E-state index contributed by atoms with van der Waals surface area (Å²) in [6, 6.07) is 8.68. The van der Waals surface area contributed by atoms with Gasteiger partial charge in [-0.2, -0.15) is 4.98 Å². The van der Waals surface area contributed by atoms with Crippen LogP contribution in [0, 0.1) is 0 Å². The highest BCUT2D eigenvalue weighted by molar-refractivity contribution is 5.90. The van der Waals surface area contributed by atoms with Crippen molar-refractivity contribution in [2.24, 2.45) is 7.05 Å². The lowest BCUT2D eigenvalue weighted by atomic mass is 10.1. The van der Waals surface area contributed by atoms with Crippen molar-refractivity contribution < 1.29 is 14.1 Å². The SMILES string of the molecule is COC(=O)c1cccc(-c2noc(-c3cnc4c(c3)ncn4C)n2)c1. The lowest BCUT2D eigenvalue weighted by Crippen LogP contribution is -2.00. The lowest BCUT2D eigenvalue weighted by Gasteiger charge is -2.00. The molecule has 0 unspecified atom stereocenters. The topological polar surface area (TPSA) is 95.9 Å². The van der Waals surface area contributed by atoms with Crippen LogP contribution >= 0.6 is 0 Å². The molecular formula is C17H13N5O3. The Hall–Kier alpha value is -3.55. The van der Waals surface area contributed by atoms with Gasteiger partial charge in [0.2, 0.25) is 5.82 Å². The Morgan fingerprint density at radius 1 is 1.20 bits per heavy atom. The summed E-state index contributed by atoms with van der Waals surface area (Å²) < 4.78 is 11.9. The summed E-state index contributed by atoms with van der Waals surface area (Å²) >= 11 is 0. The van der Waals surface area contributed by atoms with Gasteiger partial charge in [-0.15, -0.1) is 0 Å². The minimum atomic E-state index is -0.421. The smallest absolute Gasteiger partial charge is 0.337 e. The van der Waals surface area contributed by atoms with Crippen molar-refractivity contribution in [1.29, 1.82) is 0 Å². The summed E-state index contributed by atoms with van der Waals surface area (Å²) in [4.78, 5) is 24.7. The molecule has 0 aliphatic carbocycles. The van der Waals surface area contributed by atoms with Crippen LogP contribution in [0.3, 0.4) is 0 Å². The van der Waals surface area contributed by atoms with Crippen LogP contribution < -0.4 is 0 Å². The quantitative estimate of drug-likeness (QED) is 0.531. The summed E-state index contributed by atoms with van der Waals surface area (Å²) in [5, 5.41) is 3.98. The van der Waals surface area contributed by atoms with Crippen molar-refractivity contribution in [2.75, 3.05) is 7.11 Å². The molecule has 124 valence electrons. The van der Waals surface area contributed by atoms with Gasteiger partial charge in [0, 0.05) is 18.8 Å². The first-order valence-corrected chi connectivity index (χ1v) is 7.45. The highest BCUT2D eigenvalue weighted by Crippen LogP contribution is 2.24. The molecule has 0 fully saturated rings. The fourth-order valence-corrected chi connectivity index (χ4v) is 2.49. The first kappa shape index (κ1) is 15.0. The molecule has 0 aliphatic heterocycles. The summed E-state index contributed by atoms with van der Waals surface area (Å²) in [5.74, 6) is 0.288. The van der Waals surface area contributed by atoms with E-state index in [1.54, 1.807) is 36.8 Å². The van der Waals surface area contributed by atoms with E-state index in [4.69, 9.17) is 9.26 Å². The fraction of sp³-hybridized carbons (Fsp3) is 0.118. The van der Waals surface area contributed by atoms with E-state index in [1.165, 1.54) is 7.11 Å². The summed E-state index contributed by atoms with van der Waals surface area (Å²) in [6.45, 7) is 0. The maximum Gasteiger partial charge on any atom is 0.337 e. The minimum Gasteiger partial charge on any atom is -0.465 e. The Morgan fingerprint density at radius 3 is 2.92 bits per heavy atom. The standard InChI is InChI=1S/C17H13N5O3/c1-22-9-19-13-7-12(8-18-15(13)22)16-20-14(21-25-16)10-4-3-5-11(6-10)17(23)24-2/h3-9H,1-2H3. The van der Waals surface area contributed by atoms with Crippen molar-refractivity contribution in [2.45, 2.75) is 0 Å². The molecule has 0 aliphatic rings. The van der Waals surface area contributed by atoms with Crippen LogP contribution in [-0.2, 0) is 11.8 Å². The number of hydrogen-bond acceptors (Lipinski definition) is 7. The largest absolute Gasteiger partial charge is 0.465 e. The minimum absolute atomic E-state index is 0.332. The normalized spacial score (nSPS) is 11.0. The molecule has 0 radical (unpaired) electrons. The molecule has 25 heavy (non-hydrogen) atoms. The van der Waals surface area contributed by atoms with Gasteiger partial charge in [0.25, 0.3) is 5.89 Å². The number of imidazole rings is 1. The van der Waals surface area contributed by atoms with Crippen LogP contribution in [0.25, 0.3) is 34.0 Å². The molecule has 0 N–H and O–H groups in total. The number of carbonyl (C=O) groups is 1. The van der Waals surface area contributed by atoms with E-state index in [2.05, 4.69) is 20.1 Å². The van der Waals surface area contributed by atoms with E-state index in [0.29, 0.717) is 28.4 Å². The first-order valence-electron chi connectivity index (χ1n) is 7.45. The molecule has 0 amide bonds. The van der Waals surface area contributed by atoms with Gasteiger partial charge in [0.15, 0.2) is 5.65 Å². The average Bonchev–Trinajstić information content (AvgIpc) is 3.28. The first-order chi connectivity index (χ1) is 12.2. The number of nitrogens with zero attached hydrogens (tertiary/aromatic N) is 5. The van der Waals surface area contributed by atoms with E-state index >= 15 is 0 Å². The molecule has 3 aromatic heterocycles. The van der Waals surface area contributed by atoms with Crippen LogP contribution in [0.5, 0.6) is 0 Å². The number of ether oxygens (including phenoxy) is 1. The van der Waals surface area contributed by atoms with Gasteiger partial charge in [-0.05, 0) is 18.2 Å². The highest BCUT2D eigenvalue weighted by atomic mass is 16.5. The van der Waals surface area contributed by atoms with Crippen LogP contribution in [0.15, 0.2) is 47.4 Å². The number of benzene rings is 1. The zero-order valence-corrected chi connectivity index (χ0v) is 13.5. The average molecular weight is 335 g/mol. The van der Waals surface area contributed by atoms with Crippen LogP contribution in [-0.4, -0.2) is 37.8 Å². The number of rotatable bonds is 3. The van der Waals surface area contributed by atoms with E-state index in [9.17, 15) is 4.79 Å². The molecular weight excluding hydrogens is 322 g/mol. The number of aromatic nitrogens is 5. The number of aryl methyl sites for hydroxylation is 1. The van der Waals surface area contributed by atoms with Crippen molar-refractivity contribution in [3.63, 3.8) is 0 Å². The number of fused-ring (bicyclic) bond motifs is 1. The molecule has 3 heterocycles. The van der Waals surface area contributed by atoms with E-state index in [1.807, 2.05) is 17.7 Å². The zero-order chi connectivity index (χ0) is 17.4. The monoisotopic (exact) mass is 335 g/mol. The van der Waals surface area contributed by atoms with E-state index < -0.39 is 5.97 Å². The molecule has 0 atom stereocenters. The van der Waals surface area contributed by atoms with Gasteiger partial charge in [-0.3, -0.25) is 0 Å². The summed E-state index contributed by atoms with van der Waals surface area (Å²) in [6.07, 6.45) is 3.35. The molecule has 0 saturated carbocycles. The molecule has 8 nitrogen and oxygen atoms in total. The predicted octanol–water partition coefficient (Wildman–Crippen LogP) is 2.47. The molecule has 0 saturated heterocycles. The highest BCUT2D eigenvalue weighted by Gasteiger charge is 2.14. The van der Waals surface area contributed by atoms with Gasteiger partial charge >= 0.3 is 5.97 Å². The van der Waals surface area contributed by atoms with Crippen LogP contribution in [0.1, 0.15) is 10.4 Å². The van der Waals surface area contributed by atoms with Gasteiger partial charge < -0.3 is 13.8 Å². The number of pyridine rings is 1. The Balaban J connectivity index is 1.70. The second-order valence-electron chi connectivity index (χ2n) is 5.42. The predicted molar refractivity (Wildman–Crippen MR) is 88.6 cm³/mol. The number of hydrogen-bond donors (Lipinski definition) is 0. The van der Waals surface area contributed by atoms with E-state index in [0.717, 1.165) is 11.2 Å². The van der Waals surface area contributed by atoms with Crippen molar-refractivity contribution in [3.05, 3.63) is 48.4 Å². The molecule has 1 aromatic carbocycles. The van der Waals surface area contributed by atoms with Gasteiger partial charge in [0.1, 0.15) is 5.52 Å². The third kappa shape index (κ3) is 2.63. The van der Waals surface area contributed by atoms with Crippen LogP contribution in [0.4, 0.5) is 0 Å². The number of carbonyl (C=O) groups excluding carboxylic acids is 1. The summed E-state index contributed by atoms with van der Waals surface area (Å²) in [7, 11) is 3.21. The van der Waals surface area contributed by atoms with Crippen molar-refractivity contribution in [1.82, 2.24) is 24.7 Å². The molecule has 4 aromatic rings. The maximum absolute atomic E-state index is 11.6. The lowest BCUT2D eigenvalue weighted by molar-refractivity contribution is 0.0601.